The highest BCUT2D eigenvalue weighted by molar-refractivity contribution is 5.01. The van der Waals surface area contributed by atoms with E-state index < -0.39 is 6.17 Å². The first-order chi connectivity index (χ1) is 4.22. The zero-order valence-electron chi connectivity index (χ0n) is 6.03. The quantitative estimate of drug-likeness (QED) is 0.559. The summed E-state index contributed by atoms with van der Waals surface area (Å²) in [5, 5.41) is 0. The van der Waals surface area contributed by atoms with E-state index in [9.17, 15) is 4.39 Å². The Morgan fingerprint density at radius 3 is 2.33 bits per heavy atom. The van der Waals surface area contributed by atoms with E-state index in [4.69, 9.17) is 0 Å². The summed E-state index contributed by atoms with van der Waals surface area (Å²) in [5.74, 6) is 0. The van der Waals surface area contributed by atoms with Gasteiger partial charge >= 0.3 is 0 Å². The molecule has 3 heteroatoms. The van der Waals surface area contributed by atoms with Gasteiger partial charge in [0.2, 0.25) is 0 Å². The van der Waals surface area contributed by atoms with Gasteiger partial charge in [0.25, 0.3) is 0 Å². The Morgan fingerprint density at radius 2 is 2.22 bits per heavy atom. The number of rotatable bonds is 3. The Kier molecular flexibility index (Phi) is 4.05. The molecule has 0 aromatic rings. The maximum atomic E-state index is 12.4. The molecular formula is C6H13FN2. The van der Waals surface area contributed by atoms with Crippen molar-refractivity contribution >= 4 is 0 Å². The molecular weight excluding hydrogens is 119 g/mol. The fraction of sp³-hybridized carbons (Fsp3) is 0.667. The van der Waals surface area contributed by atoms with Gasteiger partial charge in [0, 0.05) is 7.05 Å². The van der Waals surface area contributed by atoms with Crippen LogP contribution < -0.4 is 10.9 Å². The molecule has 0 spiro atoms. The second-order valence-corrected chi connectivity index (χ2v) is 1.74. The van der Waals surface area contributed by atoms with E-state index >= 15 is 0 Å². The average Bonchev–Trinajstić information content (AvgIpc) is 1.82. The van der Waals surface area contributed by atoms with Gasteiger partial charge in [-0.15, -0.1) is 0 Å². The van der Waals surface area contributed by atoms with Crippen LogP contribution in [0.3, 0.4) is 0 Å². The van der Waals surface area contributed by atoms with Gasteiger partial charge in [0.05, 0.1) is 5.70 Å². The largest absolute Gasteiger partial charge is 0.323 e. The van der Waals surface area contributed by atoms with Gasteiger partial charge in [-0.05, 0) is 13.8 Å². The molecule has 2 N–H and O–H groups in total. The van der Waals surface area contributed by atoms with Crippen LogP contribution in [-0.4, -0.2) is 13.2 Å². The molecule has 0 saturated heterocycles. The van der Waals surface area contributed by atoms with Crippen LogP contribution in [0.25, 0.3) is 0 Å². The molecule has 0 aliphatic carbocycles. The molecule has 0 aliphatic heterocycles. The molecule has 0 fully saturated rings. The minimum Gasteiger partial charge on any atom is -0.323 e. The molecule has 1 atom stereocenters. The van der Waals surface area contributed by atoms with Crippen LogP contribution in [0.15, 0.2) is 11.8 Å². The molecule has 0 amide bonds. The highest BCUT2D eigenvalue weighted by atomic mass is 19.1. The molecule has 9 heavy (non-hydrogen) atoms. The van der Waals surface area contributed by atoms with Crippen LogP contribution in [0.2, 0.25) is 0 Å². The van der Waals surface area contributed by atoms with E-state index in [-0.39, 0.29) is 0 Å². The van der Waals surface area contributed by atoms with Crippen LogP contribution in [0.1, 0.15) is 13.8 Å². The van der Waals surface area contributed by atoms with Gasteiger partial charge in [-0.25, -0.2) is 9.82 Å². The normalized spacial score (nSPS) is 15.3. The fourth-order valence-electron chi connectivity index (χ4n) is 0.546. The van der Waals surface area contributed by atoms with Gasteiger partial charge in [0.15, 0.2) is 0 Å². The summed E-state index contributed by atoms with van der Waals surface area (Å²) in [4.78, 5) is 0. The van der Waals surface area contributed by atoms with Crippen molar-refractivity contribution in [3.63, 3.8) is 0 Å². The van der Waals surface area contributed by atoms with Crippen LogP contribution >= 0.6 is 0 Å². The number of allylic oxidation sites excluding steroid dienone is 2. The first kappa shape index (κ1) is 8.43. The number of alkyl halides is 1. The molecule has 0 rings (SSSR count). The first-order valence-corrected chi connectivity index (χ1v) is 2.95. The van der Waals surface area contributed by atoms with Gasteiger partial charge in [0.1, 0.15) is 6.17 Å². The van der Waals surface area contributed by atoms with Crippen molar-refractivity contribution in [2.24, 2.45) is 0 Å². The van der Waals surface area contributed by atoms with Crippen molar-refractivity contribution in [1.82, 2.24) is 10.9 Å². The van der Waals surface area contributed by atoms with Gasteiger partial charge in [-0.2, -0.15) is 0 Å². The summed E-state index contributed by atoms with van der Waals surface area (Å²) in [6, 6.07) is 0. The summed E-state index contributed by atoms with van der Waals surface area (Å²) in [6.07, 6.45) is 0.767. The minimum atomic E-state index is -0.928. The summed E-state index contributed by atoms with van der Waals surface area (Å²) in [7, 11) is 1.70. The van der Waals surface area contributed by atoms with Gasteiger partial charge in [-0.3, -0.25) is 0 Å². The lowest BCUT2D eigenvalue weighted by Gasteiger charge is -2.08. The van der Waals surface area contributed by atoms with Crippen molar-refractivity contribution in [2.75, 3.05) is 7.05 Å². The molecule has 54 valence electrons. The lowest BCUT2D eigenvalue weighted by molar-refractivity contribution is 0.383. The van der Waals surface area contributed by atoms with E-state index in [1.54, 1.807) is 20.0 Å². The van der Waals surface area contributed by atoms with Crippen LogP contribution in [0, 0.1) is 0 Å². The van der Waals surface area contributed by atoms with Crippen molar-refractivity contribution in [3.8, 4) is 0 Å². The SMILES string of the molecule is C/C=C(/NNC)C(C)F. The fourth-order valence-corrected chi connectivity index (χ4v) is 0.546. The van der Waals surface area contributed by atoms with Gasteiger partial charge in [-0.1, -0.05) is 6.08 Å². The predicted molar refractivity (Wildman–Crippen MR) is 36.5 cm³/mol. The monoisotopic (exact) mass is 132 g/mol. The van der Waals surface area contributed by atoms with Crippen LogP contribution in [-0.2, 0) is 0 Å². The molecule has 0 bridgehead atoms. The van der Waals surface area contributed by atoms with Gasteiger partial charge < -0.3 is 5.43 Å². The Bertz CT molecular complexity index is 99.2. The molecule has 0 saturated carbocycles. The molecule has 0 aromatic carbocycles. The van der Waals surface area contributed by atoms with E-state index in [2.05, 4.69) is 10.9 Å². The van der Waals surface area contributed by atoms with E-state index in [1.165, 1.54) is 6.92 Å². The molecule has 1 unspecified atom stereocenters. The number of hydrazine groups is 1. The second-order valence-electron chi connectivity index (χ2n) is 1.74. The van der Waals surface area contributed by atoms with Crippen LogP contribution in [0.4, 0.5) is 4.39 Å². The summed E-state index contributed by atoms with van der Waals surface area (Å²) in [6.45, 7) is 3.27. The third-order valence-electron chi connectivity index (χ3n) is 1.01. The maximum absolute atomic E-state index is 12.4. The Labute approximate surface area is 55.1 Å². The Morgan fingerprint density at radius 1 is 1.67 bits per heavy atom. The molecule has 0 heterocycles. The topological polar surface area (TPSA) is 24.1 Å². The molecule has 0 aromatic heterocycles. The Hall–Kier alpha value is -0.570. The van der Waals surface area contributed by atoms with E-state index in [0.717, 1.165) is 0 Å². The lowest BCUT2D eigenvalue weighted by atomic mass is 10.3. The zero-order chi connectivity index (χ0) is 7.28. The lowest BCUT2D eigenvalue weighted by Crippen LogP contribution is -2.30. The van der Waals surface area contributed by atoms with Crippen molar-refractivity contribution < 1.29 is 4.39 Å². The summed E-state index contributed by atoms with van der Waals surface area (Å²) >= 11 is 0. The van der Waals surface area contributed by atoms with E-state index in [0.29, 0.717) is 5.70 Å². The first-order valence-electron chi connectivity index (χ1n) is 2.95. The number of hydrogen-bond donors (Lipinski definition) is 2. The zero-order valence-corrected chi connectivity index (χ0v) is 6.03. The molecule has 0 radical (unpaired) electrons. The average molecular weight is 132 g/mol. The third kappa shape index (κ3) is 3.08. The molecule has 0 aliphatic rings. The minimum absolute atomic E-state index is 0.567. The smallest absolute Gasteiger partial charge is 0.138 e. The molecule has 2 nitrogen and oxygen atoms in total. The van der Waals surface area contributed by atoms with Crippen molar-refractivity contribution in [3.05, 3.63) is 11.8 Å². The third-order valence-corrected chi connectivity index (χ3v) is 1.01. The highest BCUT2D eigenvalue weighted by Gasteiger charge is 2.01. The van der Waals surface area contributed by atoms with Crippen molar-refractivity contribution in [1.29, 1.82) is 0 Å². The summed E-state index contributed by atoms with van der Waals surface area (Å²) < 4.78 is 12.4. The second kappa shape index (κ2) is 4.32. The number of halogens is 1. The number of nitrogens with one attached hydrogen (secondary N) is 2. The maximum Gasteiger partial charge on any atom is 0.138 e. The van der Waals surface area contributed by atoms with E-state index in [1.807, 2.05) is 0 Å². The number of hydrogen-bond acceptors (Lipinski definition) is 2. The van der Waals surface area contributed by atoms with Crippen molar-refractivity contribution in [2.45, 2.75) is 20.0 Å². The summed E-state index contributed by atoms with van der Waals surface area (Å²) in [5.41, 5.74) is 5.88. The highest BCUT2D eigenvalue weighted by Crippen LogP contribution is 1.99. The van der Waals surface area contributed by atoms with Crippen LogP contribution in [0.5, 0.6) is 0 Å². The predicted octanol–water partition coefficient (Wildman–Crippen LogP) is 0.972. The standard InChI is InChI=1S/C6H13FN2/c1-4-6(5(2)7)9-8-3/h4-5,8-9H,1-3H3/b6-4+. The Balaban J connectivity index is 3.70.